The van der Waals surface area contributed by atoms with Crippen LogP contribution in [0.3, 0.4) is 0 Å². The molecule has 0 fully saturated rings. The molecule has 4 aromatic carbocycles. The number of thioether (sulfide) groups is 2. The number of hydrogen-bond acceptors (Lipinski definition) is 5. The molecule has 8 heteroatoms. The van der Waals surface area contributed by atoms with E-state index in [4.69, 9.17) is 14.8 Å². The van der Waals surface area contributed by atoms with E-state index < -0.39 is 0 Å². The van der Waals surface area contributed by atoms with Crippen LogP contribution in [0.5, 0.6) is 11.5 Å². The maximum absolute atomic E-state index is 6.43. The fraction of sp³-hybridized carbons (Fsp3) is 0.220. The van der Waals surface area contributed by atoms with Crippen LogP contribution in [-0.2, 0) is 26.5 Å². The first-order chi connectivity index (χ1) is 23.1. The molecule has 0 atom stereocenters. The number of hydrogen-bond donors (Lipinski definition) is 0. The van der Waals surface area contributed by atoms with Crippen LogP contribution in [0.2, 0.25) is 0 Å². The van der Waals surface area contributed by atoms with E-state index in [0.717, 1.165) is 38.9 Å². The van der Waals surface area contributed by atoms with Crippen molar-refractivity contribution < 1.29 is 25.8 Å². The van der Waals surface area contributed by atoms with Crippen LogP contribution in [0.1, 0.15) is 43.0 Å². The molecule has 5 nitrogen and oxygen atoms in total. The SMILES string of the molecule is CSc1c(C)c(C)c(C)c(SC)c1-c1cnn(-c2[c-]c(Oc3[c-]c4c(cc3)c3ccccc3n4-c3cc(C(C)(C)C)ccn3)ccc2)c1.[Pt+2]. The van der Waals surface area contributed by atoms with Crippen molar-refractivity contribution in [3.05, 3.63) is 120 Å². The van der Waals surface area contributed by atoms with Crippen LogP contribution in [0.25, 0.3) is 44.4 Å². The maximum atomic E-state index is 6.43. The average Bonchev–Trinajstić information content (AvgIpc) is 3.70. The third kappa shape index (κ3) is 6.37. The number of benzene rings is 4. The van der Waals surface area contributed by atoms with Crippen LogP contribution in [0.4, 0.5) is 0 Å². The van der Waals surface area contributed by atoms with Gasteiger partial charge in [0.05, 0.1) is 6.20 Å². The van der Waals surface area contributed by atoms with Crippen molar-refractivity contribution in [2.24, 2.45) is 0 Å². The van der Waals surface area contributed by atoms with E-state index in [9.17, 15) is 0 Å². The van der Waals surface area contributed by atoms with Gasteiger partial charge in [-0.05, 0) is 90.2 Å². The minimum absolute atomic E-state index is 0. The maximum Gasteiger partial charge on any atom is 2.00 e. The molecule has 0 amide bonds. The Kier molecular flexibility index (Phi) is 9.92. The Labute approximate surface area is 311 Å². The van der Waals surface area contributed by atoms with Crippen molar-refractivity contribution in [1.82, 2.24) is 19.3 Å². The van der Waals surface area contributed by atoms with Gasteiger partial charge in [-0.3, -0.25) is 4.68 Å². The zero-order valence-electron chi connectivity index (χ0n) is 28.9. The van der Waals surface area contributed by atoms with Crippen LogP contribution in [-0.4, -0.2) is 31.8 Å². The summed E-state index contributed by atoms with van der Waals surface area (Å²) in [5.41, 5.74) is 10.4. The number of pyridine rings is 1. The van der Waals surface area contributed by atoms with Gasteiger partial charge in [0, 0.05) is 50.3 Å². The molecule has 0 radical (unpaired) electrons. The van der Waals surface area contributed by atoms with Gasteiger partial charge in [0.15, 0.2) is 0 Å². The molecule has 0 bridgehead atoms. The van der Waals surface area contributed by atoms with Crippen molar-refractivity contribution in [3.8, 4) is 34.1 Å². The van der Waals surface area contributed by atoms with E-state index in [2.05, 4.69) is 119 Å². The van der Waals surface area contributed by atoms with Crippen molar-refractivity contribution >= 4 is 45.3 Å². The zero-order chi connectivity index (χ0) is 33.7. The molecule has 3 aromatic heterocycles. The number of aromatic nitrogens is 4. The van der Waals surface area contributed by atoms with E-state index in [1.165, 1.54) is 37.6 Å². The summed E-state index contributed by atoms with van der Waals surface area (Å²) in [6.07, 6.45) is 10.2. The molecular formula is C41H38N4OPtS2. The molecule has 0 aliphatic carbocycles. The fourth-order valence-corrected chi connectivity index (χ4v) is 8.21. The van der Waals surface area contributed by atoms with Crippen molar-refractivity contribution in [2.45, 2.75) is 56.7 Å². The minimum atomic E-state index is -0.00282. The summed E-state index contributed by atoms with van der Waals surface area (Å²) in [5, 5.41) is 7.01. The summed E-state index contributed by atoms with van der Waals surface area (Å²) in [6, 6.07) is 29.7. The van der Waals surface area contributed by atoms with Gasteiger partial charge >= 0.3 is 21.1 Å². The zero-order valence-corrected chi connectivity index (χ0v) is 32.8. The molecule has 0 N–H and O–H groups in total. The molecule has 7 rings (SSSR count). The van der Waals surface area contributed by atoms with Crippen LogP contribution >= 0.6 is 23.5 Å². The van der Waals surface area contributed by atoms with Gasteiger partial charge in [-0.15, -0.1) is 59.2 Å². The van der Waals surface area contributed by atoms with E-state index in [0.29, 0.717) is 11.5 Å². The normalized spacial score (nSPS) is 11.7. The van der Waals surface area contributed by atoms with Crippen LogP contribution in [0.15, 0.2) is 95.1 Å². The first kappa shape index (κ1) is 35.1. The summed E-state index contributed by atoms with van der Waals surface area (Å²) in [6.45, 7) is 13.3. The largest absolute Gasteiger partial charge is 2.00 e. The van der Waals surface area contributed by atoms with Gasteiger partial charge < -0.3 is 9.30 Å². The molecule has 49 heavy (non-hydrogen) atoms. The second-order valence-electron chi connectivity index (χ2n) is 13.1. The molecule has 0 saturated heterocycles. The summed E-state index contributed by atoms with van der Waals surface area (Å²) < 4.78 is 10.5. The van der Waals surface area contributed by atoms with Gasteiger partial charge in [0.2, 0.25) is 0 Å². The summed E-state index contributed by atoms with van der Waals surface area (Å²) in [7, 11) is 0. The van der Waals surface area contributed by atoms with E-state index in [1.54, 1.807) is 23.5 Å². The van der Waals surface area contributed by atoms with Gasteiger partial charge in [0.25, 0.3) is 0 Å². The Bertz CT molecular complexity index is 2300. The minimum Gasteiger partial charge on any atom is -0.509 e. The molecular weight excluding hydrogens is 824 g/mol. The van der Waals surface area contributed by atoms with Crippen LogP contribution in [0, 0.1) is 32.9 Å². The van der Waals surface area contributed by atoms with Crippen molar-refractivity contribution in [1.29, 1.82) is 0 Å². The number of para-hydroxylation sites is 1. The van der Waals surface area contributed by atoms with Crippen LogP contribution < -0.4 is 4.74 Å². The smallest absolute Gasteiger partial charge is 0.509 e. The average molecular weight is 862 g/mol. The molecule has 250 valence electrons. The summed E-state index contributed by atoms with van der Waals surface area (Å²) >= 11 is 3.59. The Balaban J connectivity index is 0.00000417. The Morgan fingerprint density at radius 2 is 1.49 bits per heavy atom. The Hall–Kier alpha value is -3.77. The standard InChI is InChI=1S/C41H38N4OS2.Pt/c1-25-26(2)39(47-7)38(40(48-8)27(25)3)28-23-43-44(24-28)30-12-11-13-31(21-30)46-32-16-17-34-33-14-9-10-15-35(33)45(36(34)22-32)37-20-29(18-19-42-37)41(4,5)6;/h9-20,23-24H,1-8H3;/q-2;+2. The third-order valence-electron chi connectivity index (χ3n) is 9.16. The fourth-order valence-electron chi connectivity index (χ4n) is 6.38. The number of nitrogens with zero attached hydrogens (tertiary/aromatic N) is 4. The molecule has 0 unspecified atom stereocenters. The van der Waals surface area contributed by atoms with Crippen molar-refractivity contribution in [2.75, 3.05) is 12.5 Å². The number of rotatable bonds is 7. The molecule has 7 aromatic rings. The monoisotopic (exact) mass is 861 g/mol. The van der Waals surface area contributed by atoms with E-state index >= 15 is 0 Å². The second kappa shape index (κ2) is 13.9. The third-order valence-corrected chi connectivity index (χ3v) is 11.0. The van der Waals surface area contributed by atoms with E-state index in [1.807, 2.05) is 41.3 Å². The number of ether oxygens (including phenoxy) is 1. The molecule has 3 heterocycles. The number of fused-ring (bicyclic) bond motifs is 3. The molecule has 0 saturated carbocycles. The predicted molar refractivity (Wildman–Crippen MR) is 202 cm³/mol. The quantitative estimate of drug-likeness (QED) is 0.118. The predicted octanol–water partition coefficient (Wildman–Crippen LogP) is 11.1. The molecule has 0 spiro atoms. The topological polar surface area (TPSA) is 44.9 Å². The first-order valence-electron chi connectivity index (χ1n) is 16.0. The summed E-state index contributed by atoms with van der Waals surface area (Å²) in [4.78, 5) is 7.39. The van der Waals surface area contributed by atoms with E-state index in [-0.39, 0.29) is 26.5 Å². The van der Waals surface area contributed by atoms with Gasteiger partial charge in [0.1, 0.15) is 5.82 Å². The first-order valence-corrected chi connectivity index (χ1v) is 18.4. The Morgan fingerprint density at radius 1 is 0.776 bits per heavy atom. The van der Waals surface area contributed by atoms with Gasteiger partial charge in [-0.2, -0.15) is 17.2 Å². The second-order valence-corrected chi connectivity index (χ2v) is 14.7. The Morgan fingerprint density at radius 3 is 2.20 bits per heavy atom. The summed E-state index contributed by atoms with van der Waals surface area (Å²) in [5.74, 6) is 2.05. The van der Waals surface area contributed by atoms with Gasteiger partial charge in [-0.1, -0.05) is 44.5 Å². The van der Waals surface area contributed by atoms with Gasteiger partial charge in [-0.25, -0.2) is 4.98 Å². The molecule has 0 aliphatic rings. The molecule has 0 aliphatic heterocycles. The van der Waals surface area contributed by atoms with Crippen molar-refractivity contribution in [3.63, 3.8) is 0 Å².